The number of ether oxygens (including phenoxy) is 1. The first kappa shape index (κ1) is 22.9. The van der Waals surface area contributed by atoms with Crippen LogP contribution in [0.3, 0.4) is 0 Å². The second-order valence-electron chi connectivity index (χ2n) is 5.79. The van der Waals surface area contributed by atoms with Crippen molar-refractivity contribution in [3.63, 3.8) is 0 Å². The van der Waals surface area contributed by atoms with E-state index in [1.54, 1.807) is 19.1 Å². The molecule has 1 aromatic rings. The molecule has 0 fully saturated rings. The summed E-state index contributed by atoms with van der Waals surface area (Å²) in [6, 6.07) is 4.21. The Balaban J connectivity index is 3.38. The Morgan fingerprint density at radius 2 is 2.11 bits per heavy atom. The zero-order valence-electron chi connectivity index (χ0n) is 16.3. The van der Waals surface area contributed by atoms with Crippen molar-refractivity contribution in [2.45, 2.75) is 45.4 Å². The number of rotatable bonds is 8. The number of hydrogen-bond acceptors (Lipinski definition) is 4. The highest BCUT2D eigenvalue weighted by molar-refractivity contribution is 8.14. The molecule has 5 nitrogen and oxygen atoms in total. The lowest BCUT2D eigenvalue weighted by molar-refractivity contribution is -0.114. The van der Waals surface area contributed by atoms with Crippen LogP contribution in [0.2, 0.25) is 0 Å². The number of thioether (sulfide) groups is 1. The zero-order valence-corrected chi connectivity index (χ0v) is 17.1. The van der Waals surface area contributed by atoms with Crippen molar-refractivity contribution in [1.29, 1.82) is 0 Å². The lowest BCUT2D eigenvalue weighted by Crippen LogP contribution is -2.22. The van der Waals surface area contributed by atoms with Crippen LogP contribution in [0.5, 0.6) is 5.75 Å². The van der Waals surface area contributed by atoms with Gasteiger partial charge in [0.2, 0.25) is 0 Å². The van der Waals surface area contributed by atoms with E-state index in [-0.39, 0.29) is 10.5 Å². The molecule has 0 aromatic heterocycles. The molecule has 0 unspecified atom stereocenters. The molecule has 1 amide bonds. The second kappa shape index (κ2) is 11.6. The summed E-state index contributed by atoms with van der Waals surface area (Å²) >= 11 is 1.17. The van der Waals surface area contributed by atoms with E-state index in [9.17, 15) is 9.18 Å². The summed E-state index contributed by atoms with van der Waals surface area (Å²) in [5.41, 5.74) is 13.3. The Kier molecular flexibility index (Phi) is 9.82. The largest absolute Gasteiger partial charge is 0.496 e. The van der Waals surface area contributed by atoms with Gasteiger partial charge in [0.05, 0.1) is 12.5 Å². The van der Waals surface area contributed by atoms with E-state index in [4.69, 9.17) is 16.2 Å². The average molecular weight is 394 g/mol. The number of nitrogens with zero attached hydrogens (tertiary/aromatic N) is 1. The van der Waals surface area contributed by atoms with Crippen molar-refractivity contribution in [2.24, 2.45) is 16.5 Å². The Hall–Kier alpha value is -2.12. The van der Waals surface area contributed by atoms with Crippen molar-refractivity contribution < 1.29 is 13.9 Å². The van der Waals surface area contributed by atoms with Gasteiger partial charge in [0.15, 0.2) is 5.17 Å². The summed E-state index contributed by atoms with van der Waals surface area (Å²) in [6.45, 7) is 5.70. The molecule has 7 heteroatoms. The number of hydrogen-bond donors (Lipinski definition) is 2. The van der Waals surface area contributed by atoms with Crippen LogP contribution in [-0.4, -0.2) is 23.6 Å². The number of carbonyl (C=O) groups excluding carboxylic acids is 1. The molecule has 148 valence electrons. The van der Waals surface area contributed by atoms with Crippen molar-refractivity contribution in [3.05, 3.63) is 47.3 Å². The molecule has 0 spiro atoms. The van der Waals surface area contributed by atoms with Gasteiger partial charge < -0.3 is 16.2 Å². The minimum atomic E-state index is -0.495. The first-order valence-corrected chi connectivity index (χ1v) is 9.76. The molecule has 27 heavy (non-hydrogen) atoms. The van der Waals surface area contributed by atoms with Crippen LogP contribution < -0.4 is 16.2 Å². The number of methoxy groups -OCH3 is 1. The van der Waals surface area contributed by atoms with Crippen molar-refractivity contribution in [1.82, 2.24) is 0 Å². The van der Waals surface area contributed by atoms with Gasteiger partial charge >= 0.3 is 0 Å². The van der Waals surface area contributed by atoms with E-state index >= 15 is 0 Å². The number of aliphatic imine (C=N–C) groups is 1. The maximum absolute atomic E-state index is 13.8. The highest BCUT2D eigenvalue weighted by Crippen LogP contribution is 2.32. The maximum Gasteiger partial charge on any atom is 0.279 e. The van der Waals surface area contributed by atoms with Gasteiger partial charge in [-0.25, -0.2) is 4.39 Å². The lowest BCUT2D eigenvalue weighted by atomic mass is 9.95. The van der Waals surface area contributed by atoms with Gasteiger partial charge in [-0.3, -0.25) is 4.79 Å². The van der Waals surface area contributed by atoms with E-state index in [0.717, 1.165) is 12.8 Å². The van der Waals surface area contributed by atoms with Crippen molar-refractivity contribution in [2.75, 3.05) is 7.11 Å². The van der Waals surface area contributed by atoms with E-state index in [2.05, 4.69) is 4.99 Å². The Labute approximate surface area is 164 Å². The van der Waals surface area contributed by atoms with Crippen LogP contribution in [-0.2, 0) is 4.79 Å². The number of amides is 1. The summed E-state index contributed by atoms with van der Waals surface area (Å²) in [4.78, 5) is 16.8. The third-order valence-corrected chi connectivity index (χ3v) is 4.66. The highest BCUT2D eigenvalue weighted by Gasteiger charge is 2.18. The standard InChI is InChI=1S/C20H28FN3O2S/c1-5-8-15(19(25)24-20(23)27-18(22)9-6-2)14(7-3)16-12-13(21)10-11-17(16)26-4/h5,8,10-12,18H,6-7,9,22H2,1-4H3,(H2,23,24,25)/b8-5-,15-14-/t18-/m1/s1. The minimum absolute atomic E-state index is 0.115. The molecule has 1 atom stereocenters. The molecule has 1 rings (SSSR count). The van der Waals surface area contributed by atoms with Gasteiger partial charge in [-0.2, -0.15) is 4.99 Å². The zero-order chi connectivity index (χ0) is 20.4. The molecular weight excluding hydrogens is 365 g/mol. The third-order valence-electron chi connectivity index (χ3n) is 3.79. The Morgan fingerprint density at radius 3 is 2.67 bits per heavy atom. The molecule has 0 saturated carbocycles. The topological polar surface area (TPSA) is 90.7 Å². The van der Waals surface area contributed by atoms with Gasteiger partial charge in [0.25, 0.3) is 5.91 Å². The molecule has 0 saturated heterocycles. The van der Waals surface area contributed by atoms with Crippen molar-refractivity contribution in [3.8, 4) is 5.75 Å². The van der Waals surface area contributed by atoms with Gasteiger partial charge in [-0.05, 0) is 43.5 Å². The Bertz CT molecular complexity index is 745. The van der Waals surface area contributed by atoms with Crippen LogP contribution in [0.25, 0.3) is 5.57 Å². The van der Waals surface area contributed by atoms with E-state index in [1.807, 2.05) is 13.8 Å². The molecule has 0 aliphatic rings. The fourth-order valence-corrected chi connectivity index (χ4v) is 3.39. The van der Waals surface area contributed by atoms with E-state index in [1.165, 1.54) is 37.1 Å². The predicted molar refractivity (Wildman–Crippen MR) is 112 cm³/mol. The summed E-state index contributed by atoms with van der Waals surface area (Å²) in [6.07, 6.45) is 5.56. The first-order chi connectivity index (χ1) is 12.9. The highest BCUT2D eigenvalue weighted by atomic mass is 32.2. The van der Waals surface area contributed by atoms with Gasteiger partial charge in [-0.1, -0.05) is 44.2 Å². The minimum Gasteiger partial charge on any atom is -0.496 e. The number of nitrogens with two attached hydrogens (primary N) is 2. The molecule has 4 N–H and O–H groups in total. The molecule has 0 bridgehead atoms. The smallest absolute Gasteiger partial charge is 0.279 e. The normalized spacial score (nSPS) is 14.2. The monoisotopic (exact) mass is 393 g/mol. The second-order valence-corrected chi connectivity index (χ2v) is 7.05. The predicted octanol–water partition coefficient (Wildman–Crippen LogP) is 4.23. The van der Waals surface area contributed by atoms with Gasteiger partial charge in [-0.15, -0.1) is 0 Å². The van der Waals surface area contributed by atoms with Gasteiger partial charge in [0, 0.05) is 11.1 Å². The number of allylic oxidation sites excluding steroid dienone is 2. The quantitative estimate of drug-likeness (QED) is 0.227. The molecule has 0 radical (unpaired) electrons. The fraction of sp³-hybridized carbons (Fsp3) is 0.400. The number of carbonyl (C=O) groups is 1. The summed E-state index contributed by atoms with van der Waals surface area (Å²) < 4.78 is 19.1. The van der Waals surface area contributed by atoms with E-state index in [0.29, 0.717) is 28.9 Å². The number of halogens is 1. The van der Waals surface area contributed by atoms with Crippen LogP contribution in [0.1, 0.15) is 45.6 Å². The Morgan fingerprint density at radius 1 is 1.41 bits per heavy atom. The fourth-order valence-electron chi connectivity index (χ4n) is 2.59. The van der Waals surface area contributed by atoms with Crippen LogP contribution in [0.4, 0.5) is 4.39 Å². The van der Waals surface area contributed by atoms with Crippen molar-refractivity contribution >= 4 is 28.4 Å². The molecule has 0 heterocycles. The number of benzene rings is 1. The first-order valence-electron chi connectivity index (χ1n) is 8.88. The average Bonchev–Trinajstić information content (AvgIpc) is 2.61. The van der Waals surface area contributed by atoms with Crippen LogP contribution in [0, 0.1) is 5.82 Å². The summed E-state index contributed by atoms with van der Waals surface area (Å²) in [5.74, 6) is -0.419. The van der Waals surface area contributed by atoms with Crippen LogP contribution in [0.15, 0.2) is 40.9 Å². The summed E-state index contributed by atoms with van der Waals surface area (Å²) in [7, 11) is 1.50. The molecular formula is C20H28FN3O2S. The summed E-state index contributed by atoms with van der Waals surface area (Å²) in [5, 5.41) is -0.0979. The van der Waals surface area contributed by atoms with E-state index < -0.39 is 11.7 Å². The molecule has 0 aliphatic heterocycles. The maximum atomic E-state index is 13.8. The lowest BCUT2D eigenvalue weighted by Gasteiger charge is -2.14. The van der Waals surface area contributed by atoms with Gasteiger partial charge in [0.1, 0.15) is 11.6 Å². The SMILES string of the molecule is C/C=C\C(C(=O)N=C(N)S[C@@H](N)CCC)=C(/CC)c1cc(F)ccc1OC. The number of amidine groups is 1. The van der Waals surface area contributed by atoms with Crippen LogP contribution >= 0.6 is 11.8 Å². The molecule has 0 aliphatic carbocycles. The molecule has 1 aromatic carbocycles. The third kappa shape index (κ3) is 6.84.